The van der Waals surface area contributed by atoms with Crippen LogP contribution in [0.4, 0.5) is 11.4 Å². The fourth-order valence-electron chi connectivity index (χ4n) is 3.29. The number of nitrogens with one attached hydrogen (secondary N) is 1. The van der Waals surface area contributed by atoms with Crippen molar-refractivity contribution in [1.29, 1.82) is 0 Å². The first-order valence-corrected chi connectivity index (χ1v) is 9.10. The standard InChI is InChI=1S/C22H26N4O4/c1-12-6-13(2)8-14(7-12)30-19-9-15-17(10-16(19)23)24-21(28)18(26(5)22(15)29)11-20(27)25(3)4/h6-10,18H,11,23H2,1-5H3,(H,24,28)/t18-/m0/s1/i3D3,4D3. The SMILES string of the molecule is [2H]C([2H])([2H])N(C(=O)C[C@H]1C(=O)Nc2cc(N)c(Oc3cc(C)cc(C)c3)cc2C(=O)N1C)C([2H])([2H])[2H]. The van der Waals surface area contributed by atoms with Crippen molar-refractivity contribution < 1.29 is 27.3 Å². The number of benzene rings is 2. The predicted octanol–water partition coefficient (Wildman–Crippen LogP) is 2.55. The number of nitrogens with two attached hydrogens (primary N) is 1. The van der Waals surface area contributed by atoms with Crippen molar-refractivity contribution in [2.75, 3.05) is 32.0 Å². The summed E-state index contributed by atoms with van der Waals surface area (Å²) in [6, 6.07) is 6.77. The maximum absolute atomic E-state index is 13.3. The molecule has 2 aromatic carbocycles. The zero-order chi connectivity index (χ0) is 27.2. The number of likely N-dealkylation sites (N-methyl/N-ethyl adjacent to an activating group) is 1. The molecule has 1 aliphatic rings. The molecule has 1 aliphatic heterocycles. The van der Waals surface area contributed by atoms with Crippen molar-refractivity contribution in [2.24, 2.45) is 0 Å². The molecule has 0 fully saturated rings. The lowest BCUT2D eigenvalue weighted by Crippen LogP contribution is -2.45. The molecule has 1 atom stereocenters. The molecule has 2 aromatic rings. The molecular weight excluding hydrogens is 384 g/mol. The summed E-state index contributed by atoms with van der Waals surface area (Å²) in [6.07, 6.45) is -0.861. The predicted molar refractivity (Wildman–Crippen MR) is 115 cm³/mol. The van der Waals surface area contributed by atoms with Gasteiger partial charge in [0.1, 0.15) is 11.8 Å². The molecule has 3 N–H and O–H groups in total. The number of hydrogen-bond donors (Lipinski definition) is 2. The zero-order valence-electron chi connectivity index (χ0n) is 22.8. The second kappa shape index (κ2) is 8.06. The molecule has 3 amide bonds. The van der Waals surface area contributed by atoms with Gasteiger partial charge in [-0.25, -0.2) is 0 Å². The number of nitrogen functional groups attached to an aromatic ring is 1. The molecule has 0 radical (unpaired) electrons. The van der Waals surface area contributed by atoms with Gasteiger partial charge in [0.2, 0.25) is 11.8 Å². The van der Waals surface area contributed by atoms with E-state index in [1.54, 1.807) is 12.1 Å². The lowest BCUT2D eigenvalue weighted by molar-refractivity contribution is -0.132. The average Bonchev–Trinajstić information content (AvgIpc) is 2.76. The minimum Gasteiger partial charge on any atom is -0.455 e. The van der Waals surface area contributed by atoms with Gasteiger partial charge in [0.05, 0.1) is 23.4 Å². The smallest absolute Gasteiger partial charge is 0.256 e. The summed E-state index contributed by atoms with van der Waals surface area (Å²) in [6.45, 7) is -2.75. The Morgan fingerprint density at radius 2 is 1.87 bits per heavy atom. The highest BCUT2D eigenvalue weighted by Gasteiger charge is 2.35. The highest BCUT2D eigenvalue weighted by Crippen LogP contribution is 2.35. The number of carbonyl (C=O) groups excluding carboxylic acids is 3. The molecule has 30 heavy (non-hydrogen) atoms. The lowest BCUT2D eigenvalue weighted by atomic mass is 10.1. The molecule has 158 valence electrons. The summed E-state index contributed by atoms with van der Waals surface area (Å²) in [7, 11) is 1.25. The molecule has 0 saturated heterocycles. The van der Waals surface area contributed by atoms with E-state index in [2.05, 4.69) is 5.32 Å². The van der Waals surface area contributed by atoms with Gasteiger partial charge < -0.3 is 25.6 Å². The number of ether oxygens (including phenoxy) is 1. The van der Waals surface area contributed by atoms with Crippen molar-refractivity contribution in [1.82, 2.24) is 9.80 Å². The first-order valence-electron chi connectivity index (χ1n) is 12.1. The van der Waals surface area contributed by atoms with E-state index in [1.165, 1.54) is 19.2 Å². The summed E-state index contributed by atoms with van der Waals surface area (Å²) in [5, 5.41) is 2.52. The first-order chi connectivity index (χ1) is 16.5. The van der Waals surface area contributed by atoms with Gasteiger partial charge in [-0.15, -0.1) is 0 Å². The van der Waals surface area contributed by atoms with Gasteiger partial charge in [0, 0.05) is 29.2 Å². The van der Waals surface area contributed by atoms with Crippen LogP contribution < -0.4 is 15.8 Å². The molecule has 0 aliphatic carbocycles. The van der Waals surface area contributed by atoms with Crippen LogP contribution in [0.5, 0.6) is 11.5 Å². The van der Waals surface area contributed by atoms with E-state index in [-0.39, 0.29) is 27.6 Å². The van der Waals surface area contributed by atoms with E-state index in [9.17, 15) is 14.4 Å². The second-order valence-corrected chi connectivity index (χ2v) is 7.22. The fourth-order valence-corrected chi connectivity index (χ4v) is 3.29. The van der Waals surface area contributed by atoms with Crippen molar-refractivity contribution in [3.05, 3.63) is 47.0 Å². The number of rotatable bonds is 4. The summed E-state index contributed by atoms with van der Waals surface area (Å²) >= 11 is 0. The highest BCUT2D eigenvalue weighted by atomic mass is 16.5. The van der Waals surface area contributed by atoms with Crippen LogP contribution >= 0.6 is 0 Å². The third-order valence-electron chi connectivity index (χ3n) is 4.77. The van der Waals surface area contributed by atoms with Crippen molar-refractivity contribution in [3.8, 4) is 11.5 Å². The molecule has 0 aromatic heterocycles. The molecule has 1 heterocycles. The maximum Gasteiger partial charge on any atom is 0.256 e. The summed E-state index contributed by atoms with van der Waals surface area (Å²) < 4.78 is 50.4. The zero-order valence-corrected chi connectivity index (χ0v) is 16.8. The van der Waals surface area contributed by atoms with Gasteiger partial charge in [0.25, 0.3) is 5.91 Å². The molecule has 0 spiro atoms. The Morgan fingerprint density at radius 1 is 1.20 bits per heavy atom. The largest absolute Gasteiger partial charge is 0.455 e. The number of nitrogens with zero attached hydrogens (tertiary/aromatic N) is 2. The van der Waals surface area contributed by atoms with Crippen LogP contribution in [-0.2, 0) is 9.59 Å². The topological polar surface area (TPSA) is 105 Å². The Bertz CT molecular complexity index is 1190. The summed E-state index contributed by atoms with van der Waals surface area (Å²) in [5.41, 5.74) is 8.25. The van der Waals surface area contributed by atoms with Gasteiger partial charge in [0.15, 0.2) is 5.75 Å². The lowest BCUT2D eigenvalue weighted by Gasteiger charge is -2.25. The van der Waals surface area contributed by atoms with E-state index in [1.807, 2.05) is 19.9 Å². The van der Waals surface area contributed by atoms with E-state index >= 15 is 0 Å². The number of amides is 3. The molecule has 0 unspecified atom stereocenters. The minimum absolute atomic E-state index is 0.0258. The average molecular weight is 417 g/mol. The Hall–Kier alpha value is -3.55. The molecule has 3 rings (SSSR count). The Kier molecular flexibility index (Phi) is 3.88. The Labute approximate surface area is 184 Å². The highest BCUT2D eigenvalue weighted by molar-refractivity contribution is 6.11. The normalized spacial score (nSPS) is 19.7. The molecule has 8 heteroatoms. The fraction of sp³-hybridized carbons (Fsp3) is 0.318. The third-order valence-corrected chi connectivity index (χ3v) is 4.77. The van der Waals surface area contributed by atoms with Crippen LogP contribution in [0.2, 0.25) is 0 Å². The monoisotopic (exact) mass is 416 g/mol. The van der Waals surface area contributed by atoms with Crippen LogP contribution in [-0.4, -0.2) is 54.6 Å². The quantitative estimate of drug-likeness (QED) is 0.746. The number of hydrogen-bond acceptors (Lipinski definition) is 5. The first kappa shape index (κ1) is 14.4. The van der Waals surface area contributed by atoms with Gasteiger partial charge in [-0.2, -0.15) is 0 Å². The van der Waals surface area contributed by atoms with Crippen LogP contribution in [0, 0.1) is 13.8 Å². The number of anilines is 2. The van der Waals surface area contributed by atoms with Crippen LogP contribution in [0.1, 0.15) is 36.1 Å². The molecule has 0 bridgehead atoms. The van der Waals surface area contributed by atoms with E-state index in [0.29, 0.717) is 5.75 Å². The Balaban J connectivity index is 1.93. The van der Waals surface area contributed by atoms with Crippen molar-refractivity contribution in [2.45, 2.75) is 26.3 Å². The van der Waals surface area contributed by atoms with E-state index in [4.69, 9.17) is 18.7 Å². The molecular formula is C22H26N4O4. The van der Waals surface area contributed by atoms with Gasteiger partial charge in [-0.05, 0) is 49.2 Å². The summed E-state index contributed by atoms with van der Waals surface area (Å²) in [5.74, 6) is -2.16. The number of fused-ring (bicyclic) bond motifs is 1. The number of aryl methyl sites for hydroxylation is 2. The Morgan fingerprint density at radius 3 is 2.50 bits per heavy atom. The van der Waals surface area contributed by atoms with Crippen molar-refractivity contribution >= 4 is 29.1 Å². The van der Waals surface area contributed by atoms with E-state index < -0.39 is 44.1 Å². The molecule has 8 nitrogen and oxygen atoms in total. The van der Waals surface area contributed by atoms with Crippen molar-refractivity contribution in [3.63, 3.8) is 0 Å². The number of carbonyl (C=O) groups is 3. The minimum atomic E-state index is -3.27. The van der Waals surface area contributed by atoms with E-state index in [0.717, 1.165) is 16.0 Å². The van der Waals surface area contributed by atoms with Gasteiger partial charge in [-0.3, -0.25) is 14.4 Å². The summed E-state index contributed by atoms with van der Waals surface area (Å²) in [4.78, 5) is 39.6. The maximum atomic E-state index is 13.3. The van der Waals surface area contributed by atoms with Crippen LogP contribution in [0.15, 0.2) is 30.3 Å². The van der Waals surface area contributed by atoms with Gasteiger partial charge >= 0.3 is 0 Å². The van der Waals surface area contributed by atoms with Crippen LogP contribution in [0.25, 0.3) is 0 Å². The molecule has 0 saturated carbocycles. The van der Waals surface area contributed by atoms with Crippen LogP contribution in [0.3, 0.4) is 0 Å². The second-order valence-electron chi connectivity index (χ2n) is 7.22. The third kappa shape index (κ3) is 4.22. The van der Waals surface area contributed by atoms with Gasteiger partial charge in [-0.1, -0.05) is 6.07 Å².